The first kappa shape index (κ1) is 16.7. The molecule has 0 unspecified atom stereocenters. The maximum atomic E-state index is 10.8. The highest BCUT2D eigenvalue weighted by Gasteiger charge is 2.12. The Morgan fingerprint density at radius 1 is 1.19 bits per heavy atom. The number of hydrogen-bond acceptors (Lipinski definition) is 7. The molecular weight excluding hydrogens is 422 g/mol. The van der Waals surface area contributed by atoms with Gasteiger partial charge in [-0.3, -0.25) is 10.1 Å². The standard InChI is InChI=1S/C16H10BrN5O3S/c17-10-3-1-9(2-4-10)15-21-20-14(25-15)8-26-16-18-12-6-5-11(22(23)24)7-13(12)19-16/h1-7H,8H2,(H,18,19). The number of aromatic nitrogens is 4. The average Bonchev–Trinajstić information content (AvgIpc) is 3.26. The van der Waals surface area contributed by atoms with Crippen molar-refractivity contribution in [2.24, 2.45) is 0 Å². The summed E-state index contributed by atoms with van der Waals surface area (Å²) in [5.74, 6) is 1.36. The summed E-state index contributed by atoms with van der Waals surface area (Å²) in [7, 11) is 0. The molecule has 0 atom stereocenters. The molecule has 4 rings (SSSR count). The van der Waals surface area contributed by atoms with Crippen molar-refractivity contribution in [2.75, 3.05) is 0 Å². The van der Waals surface area contributed by atoms with Gasteiger partial charge in [-0.05, 0) is 30.3 Å². The fourth-order valence-electron chi connectivity index (χ4n) is 2.31. The predicted octanol–water partition coefficient (Wildman–Crippen LogP) is 4.58. The van der Waals surface area contributed by atoms with E-state index in [0.29, 0.717) is 33.7 Å². The van der Waals surface area contributed by atoms with Gasteiger partial charge < -0.3 is 9.40 Å². The average molecular weight is 432 g/mol. The first-order valence-corrected chi connectivity index (χ1v) is 9.21. The summed E-state index contributed by atoms with van der Waals surface area (Å²) in [6.45, 7) is 0. The molecule has 1 N–H and O–H groups in total. The maximum Gasteiger partial charge on any atom is 0.271 e. The van der Waals surface area contributed by atoms with E-state index in [4.69, 9.17) is 4.42 Å². The lowest BCUT2D eigenvalue weighted by atomic mass is 10.2. The molecule has 0 saturated heterocycles. The Hall–Kier alpha value is -2.72. The molecule has 10 heteroatoms. The number of rotatable bonds is 5. The molecule has 0 fully saturated rings. The van der Waals surface area contributed by atoms with Gasteiger partial charge in [0.15, 0.2) is 5.16 Å². The number of nitro groups is 1. The minimum absolute atomic E-state index is 0.0220. The topological polar surface area (TPSA) is 111 Å². The number of nitrogens with zero attached hydrogens (tertiary/aromatic N) is 4. The van der Waals surface area contributed by atoms with Gasteiger partial charge in [-0.2, -0.15) is 0 Å². The zero-order valence-electron chi connectivity index (χ0n) is 13.0. The summed E-state index contributed by atoms with van der Waals surface area (Å²) in [5, 5.41) is 19.6. The van der Waals surface area contributed by atoms with Crippen LogP contribution >= 0.6 is 27.7 Å². The Labute approximate surface area is 159 Å². The quantitative estimate of drug-likeness (QED) is 0.279. The molecule has 26 heavy (non-hydrogen) atoms. The molecule has 8 nitrogen and oxygen atoms in total. The van der Waals surface area contributed by atoms with Gasteiger partial charge >= 0.3 is 0 Å². The van der Waals surface area contributed by atoms with E-state index in [-0.39, 0.29) is 5.69 Å². The lowest BCUT2D eigenvalue weighted by Crippen LogP contribution is -1.86. The van der Waals surface area contributed by atoms with E-state index < -0.39 is 4.92 Å². The summed E-state index contributed by atoms with van der Waals surface area (Å²) in [6.07, 6.45) is 0. The third kappa shape index (κ3) is 3.46. The van der Waals surface area contributed by atoms with Crippen molar-refractivity contribution in [1.82, 2.24) is 20.2 Å². The zero-order chi connectivity index (χ0) is 18.1. The van der Waals surface area contributed by atoms with Gasteiger partial charge in [0, 0.05) is 22.2 Å². The van der Waals surface area contributed by atoms with Crippen LogP contribution in [-0.4, -0.2) is 25.1 Å². The summed E-state index contributed by atoms with van der Waals surface area (Å²) in [4.78, 5) is 17.9. The normalized spacial score (nSPS) is 11.1. The zero-order valence-corrected chi connectivity index (χ0v) is 15.5. The molecule has 0 aliphatic rings. The molecule has 0 aliphatic heterocycles. The van der Waals surface area contributed by atoms with Crippen molar-refractivity contribution in [2.45, 2.75) is 10.9 Å². The number of imidazole rings is 1. The van der Waals surface area contributed by atoms with E-state index in [9.17, 15) is 10.1 Å². The number of nitrogens with one attached hydrogen (secondary N) is 1. The van der Waals surface area contributed by atoms with Gasteiger partial charge in [-0.1, -0.05) is 27.7 Å². The second-order valence-corrected chi connectivity index (χ2v) is 7.18. The van der Waals surface area contributed by atoms with Crippen molar-refractivity contribution >= 4 is 44.4 Å². The molecule has 0 bridgehead atoms. The van der Waals surface area contributed by atoms with Crippen LogP contribution in [0.4, 0.5) is 5.69 Å². The van der Waals surface area contributed by atoms with Crippen LogP contribution in [0, 0.1) is 10.1 Å². The molecule has 2 aromatic carbocycles. The first-order valence-electron chi connectivity index (χ1n) is 7.44. The second kappa shape index (κ2) is 6.89. The number of benzene rings is 2. The highest BCUT2D eigenvalue weighted by Crippen LogP contribution is 2.26. The van der Waals surface area contributed by atoms with Crippen LogP contribution in [0.1, 0.15) is 5.89 Å². The molecule has 4 aromatic rings. The molecule has 0 amide bonds. The van der Waals surface area contributed by atoms with E-state index in [1.165, 1.54) is 23.9 Å². The lowest BCUT2D eigenvalue weighted by Gasteiger charge is -1.95. The summed E-state index contributed by atoms with van der Waals surface area (Å²) in [6, 6.07) is 12.1. The van der Waals surface area contributed by atoms with Gasteiger partial charge in [0.25, 0.3) is 5.69 Å². The van der Waals surface area contributed by atoms with Crippen LogP contribution in [0.5, 0.6) is 0 Å². The Morgan fingerprint density at radius 2 is 2.00 bits per heavy atom. The number of halogens is 1. The van der Waals surface area contributed by atoms with Crippen LogP contribution in [0.2, 0.25) is 0 Å². The Kier molecular flexibility index (Phi) is 4.43. The van der Waals surface area contributed by atoms with Crippen molar-refractivity contribution in [3.8, 4) is 11.5 Å². The van der Waals surface area contributed by atoms with Crippen LogP contribution in [-0.2, 0) is 5.75 Å². The summed E-state index contributed by atoms with van der Waals surface area (Å²) < 4.78 is 6.64. The third-order valence-corrected chi connectivity index (χ3v) is 4.93. The first-order chi connectivity index (χ1) is 12.6. The van der Waals surface area contributed by atoms with E-state index >= 15 is 0 Å². The van der Waals surface area contributed by atoms with Crippen molar-refractivity contribution in [1.29, 1.82) is 0 Å². The summed E-state index contributed by atoms with van der Waals surface area (Å²) >= 11 is 4.77. The van der Waals surface area contributed by atoms with Gasteiger partial charge in [-0.15, -0.1) is 10.2 Å². The number of fused-ring (bicyclic) bond motifs is 1. The number of H-pyrrole nitrogens is 1. The molecule has 2 aromatic heterocycles. The lowest BCUT2D eigenvalue weighted by molar-refractivity contribution is -0.384. The van der Waals surface area contributed by atoms with Gasteiger partial charge in [0.2, 0.25) is 11.8 Å². The highest BCUT2D eigenvalue weighted by atomic mass is 79.9. The Morgan fingerprint density at radius 3 is 2.77 bits per heavy atom. The highest BCUT2D eigenvalue weighted by molar-refractivity contribution is 9.10. The molecule has 2 heterocycles. The smallest absolute Gasteiger partial charge is 0.271 e. The minimum Gasteiger partial charge on any atom is -0.420 e. The number of nitro benzene ring substituents is 1. The number of non-ortho nitro benzene ring substituents is 1. The molecule has 0 spiro atoms. The fourth-order valence-corrected chi connectivity index (χ4v) is 3.29. The maximum absolute atomic E-state index is 10.8. The van der Waals surface area contributed by atoms with E-state index in [0.717, 1.165) is 10.0 Å². The third-order valence-electron chi connectivity index (χ3n) is 3.54. The number of thioether (sulfide) groups is 1. The largest absolute Gasteiger partial charge is 0.420 e. The van der Waals surface area contributed by atoms with Crippen LogP contribution in [0.15, 0.2) is 56.5 Å². The van der Waals surface area contributed by atoms with Crippen molar-refractivity contribution < 1.29 is 9.34 Å². The molecule has 0 saturated carbocycles. The summed E-state index contributed by atoms with van der Waals surface area (Å²) in [5.41, 5.74) is 2.14. The van der Waals surface area contributed by atoms with Crippen molar-refractivity contribution in [3.05, 3.63) is 62.9 Å². The predicted molar refractivity (Wildman–Crippen MR) is 99.7 cm³/mol. The monoisotopic (exact) mass is 431 g/mol. The Bertz CT molecular complexity index is 1090. The van der Waals surface area contributed by atoms with E-state index in [2.05, 4.69) is 36.1 Å². The van der Waals surface area contributed by atoms with Crippen LogP contribution in [0.3, 0.4) is 0 Å². The van der Waals surface area contributed by atoms with Crippen LogP contribution < -0.4 is 0 Å². The van der Waals surface area contributed by atoms with Gasteiger partial charge in [0.1, 0.15) is 0 Å². The van der Waals surface area contributed by atoms with Gasteiger partial charge in [0.05, 0.1) is 21.7 Å². The molecule has 0 radical (unpaired) electrons. The molecule has 130 valence electrons. The fraction of sp³-hybridized carbons (Fsp3) is 0.0625. The SMILES string of the molecule is O=[N+]([O-])c1ccc2nc(SCc3nnc(-c4ccc(Br)cc4)o3)[nH]c2c1. The van der Waals surface area contributed by atoms with E-state index in [1.807, 2.05) is 24.3 Å². The van der Waals surface area contributed by atoms with Gasteiger partial charge in [-0.25, -0.2) is 4.98 Å². The number of hydrogen-bond donors (Lipinski definition) is 1. The molecular formula is C16H10BrN5O3S. The number of aromatic amines is 1. The second-order valence-electron chi connectivity index (χ2n) is 5.30. The minimum atomic E-state index is -0.435. The van der Waals surface area contributed by atoms with Crippen LogP contribution in [0.25, 0.3) is 22.5 Å². The van der Waals surface area contributed by atoms with Crippen molar-refractivity contribution in [3.63, 3.8) is 0 Å². The molecule has 0 aliphatic carbocycles. The van der Waals surface area contributed by atoms with E-state index in [1.54, 1.807) is 6.07 Å². The Balaban J connectivity index is 1.48.